The van der Waals surface area contributed by atoms with Gasteiger partial charge in [0.25, 0.3) is 0 Å². The number of halogens is 4. The summed E-state index contributed by atoms with van der Waals surface area (Å²) in [7, 11) is -4.40. The number of hydrogen-bond donors (Lipinski definition) is 1. The van der Waals surface area contributed by atoms with E-state index in [1.54, 1.807) is 46.4 Å². The smallest absolute Gasteiger partial charge is 0.304 e. The molecule has 0 spiro atoms. The maximum Gasteiger partial charge on any atom is 0.304 e. The number of thiophene rings is 2. The van der Waals surface area contributed by atoms with Crippen LogP contribution in [0.5, 0.6) is 0 Å². The lowest BCUT2D eigenvalue weighted by molar-refractivity contribution is 0.485. The van der Waals surface area contributed by atoms with Gasteiger partial charge in [-0.05, 0) is 85.7 Å². The molecular formula is C36H26Cl4N4O5S3. The molecule has 2 aromatic carbocycles. The Morgan fingerprint density at radius 3 is 1.79 bits per heavy atom. The van der Waals surface area contributed by atoms with E-state index in [9.17, 15) is 13.0 Å². The summed E-state index contributed by atoms with van der Waals surface area (Å²) in [5.41, 5.74) is 6.44. The van der Waals surface area contributed by atoms with Crippen molar-refractivity contribution in [1.29, 1.82) is 0 Å². The summed E-state index contributed by atoms with van der Waals surface area (Å²) in [5, 5.41) is 13.5. The molecule has 266 valence electrons. The van der Waals surface area contributed by atoms with E-state index < -0.39 is 10.1 Å². The third-order valence-electron chi connectivity index (χ3n) is 8.47. The van der Waals surface area contributed by atoms with Crippen LogP contribution in [0.1, 0.15) is 49.9 Å². The number of benzene rings is 2. The fourth-order valence-electron chi connectivity index (χ4n) is 6.07. The zero-order valence-electron chi connectivity index (χ0n) is 26.9. The first-order valence-corrected chi connectivity index (χ1v) is 20.8. The number of hydrogen-bond acceptors (Lipinski definition) is 8. The van der Waals surface area contributed by atoms with E-state index in [1.807, 2.05) is 34.3 Å². The van der Waals surface area contributed by atoms with Crippen LogP contribution in [0.3, 0.4) is 0 Å². The van der Waals surface area contributed by atoms with Gasteiger partial charge in [-0.1, -0.05) is 71.4 Å². The Labute approximate surface area is 325 Å². The van der Waals surface area contributed by atoms with Crippen molar-refractivity contribution in [2.24, 2.45) is 0 Å². The van der Waals surface area contributed by atoms with Gasteiger partial charge in [0.05, 0.1) is 26.1 Å². The zero-order valence-corrected chi connectivity index (χ0v) is 32.3. The van der Waals surface area contributed by atoms with Gasteiger partial charge >= 0.3 is 10.1 Å². The molecule has 0 bridgehead atoms. The Morgan fingerprint density at radius 2 is 1.25 bits per heavy atom. The van der Waals surface area contributed by atoms with Crippen molar-refractivity contribution in [1.82, 2.24) is 19.6 Å². The van der Waals surface area contributed by atoms with Crippen molar-refractivity contribution in [2.45, 2.75) is 42.7 Å². The summed E-state index contributed by atoms with van der Waals surface area (Å²) in [4.78, 5) is 0. The minimum Gasteiger partial charge on any atom is -0.451 e. The molecule has 0 saturated heterocycles. The highest BCUT2D eigenvalue weighted by atomic mass is 35.5. The van der Waals surface area contributed by atoms with Crippen LogP contribution < -0.4 is 0 Å². The van der Waals surface area contributed by atoms with Gasteiger partial charge in [0.15, 0.2) is 15.4 Å². The summed E-state index contributed by atoms with van der Waals surface area (Å²) in [6, 6.07) is 13.7. The third kappa shape index (κ3) is 6.71. The van der Waals surface area contributed by atoms with Crippen LogP contribution >= 0.6 is 69.1 Å². The lowest BCUT2D eigenvalue weighted by Gasteiger charge is -2.05. The largest absolute Gasteiger partial charge is 0.451 e. The highest BCUT2D eigenvalue weighted by Crippen LogP contribution is 2.41. The molecule has 1 N–H and O–H groups in total. The van der Waals surface area contributed by atoms with Gasteiger partial charge < -0.3 is 8.83 Å². The lowest BCUT2D eigenvalue weighted by Crippen LogP contribution is -1.97. The molecule has 9 nitrogen and oxygen atoms in total. The van der Waals surface area contributed by atoms with Crippen molar-refractivity contribution < 1.29 is 21.8 Å². The highest BCUT2D eigenvalue weighted by Gasteiger charge is 2.25. The number of aromatic nitrogens is 4. The number of unbranched alkanes of at least 4 members (excludes halogenated alkanes) is 5. The van der Waals surface area contributed by atoms with Gasteiger partial charge in [-0.2, -0.15) is 18.6 Å². The predicted molar refractivity (Wildman–Crippen MR) is 213 cm³/mol. The van der Waals surface area contributed by atoms with Crippen molar-refractivity contribution in [2.75, 3.05) is 0 Å². The number of allylic oxidation sites excluding steroid dienone is 2. The molecule has 0 fully saturated rings. The second-order valence-electron chi connectivity index (χ2n) is 12.0. The Kier molecular flexibility index (Phi) is 9.77. The van der Waals surface area contributed by atoms with E-state index in [2.05, 4.69) is 12.2 Å². The zero-order chi connectivity index (χ0) is 36.1. The molecule has 8 aromatic rings. The molecule has 0 unspecified atom stereocenters. The van der Waals surface area contributed by atoms with Crippen LogP contribution in [0, 0.1) is 0 Å². The summed E-state index contributed by atoms with van der Waals surface area (Å²) in [6.45, 7) is 0. The molecule has 6 heterocycles. The van der Waals surface area contributed by atoms with Crippen LogP contribution in [-0.4, -0.2) is 32.5 Å². The Balaban J connectivity index is 0.911. The van der Waals surface area contributed by atoms with Crippen molar-refractivity contribution in [3.8, 4) is 11.4 Å². The molecule has 0 aliphatic heterocycles. The first-order valence-electron chi connectivity index (χ1n) is 16.1. The van der Waals surface area contributed by atoms with Crippen LogP contribution in [0.2, 0.25) is 20.1 Å². The molecule has 0 radical (unpaired) electrons. The van der Waals surface area contributed by atoms with Crippen molar-refractivity contribution >= 4 is 134 Å². The van der Waals surface area contributed by atoms with Gasteiger partial charge in [-0.15, -0.1) is 22.7 Å². The summed E-state index contributed by atoms with van der Waals surface area (Å²) < 4.78 is 50.3. The average Bonchev–Trinajstić information content (AvgIpc) is 3.92. The summed E-state index contributed by atoms with van der Waals surface area (Å²) in [6.07, 6.45) is 14.0. The van der Waals surface area contributed by atoms with Crippen LogP contribution in [-0.2, 0) is 10.1 Å². The normalized spacial score (nSPS) is 12.8. The van der Waals surface area contributed by atoms with Gasteiger partial charge in [-0.25, -0.2) is 9.36 Å². The summed E-state index contributed by atoms with van der Waals surface area (Å²) >= 11 is 27.9. The Hall–Kier alpha value is -3.59. The number of fused-ring (bicyclic) bond motifs is 6. The highest BCUT2D eigenvalue weighted by molar-refractivity contribution is 7.88. The van der Waals surface area contributed by atoms with Crippen LogP contribution in [0.25, 0.3) is 66.3 Å². The van der Waals surface area contributed by atoms with Crippen molar-refractivity contribution in [3.05, 3.63) is 97.5 Å². The second kappa shape index (κ2) is 14.3. The third-order valence-corrected chi connectivity index (χ3v) is 12.9. The number of rotatable bonds is 12. The molecule has 52 heavy (non-hydrogen) atoms. The molecule has 16 heteroatoms. The van der Waals surface area contributed by atoms with E-state index in [0.29, 0.717) is 52.9 Å². The maximum absolute atomic E-state index is 11.8. The summed E-state index contributed by atoms with van der Waals surface area (Å²) in [5.74, 6) is 0. The van der Waals surface area contributed by atoms with Crippen LogP contribution in [0.15, 0.2) is 79.1 Å². The molecular weight excluding hydrogens is 806 g/mol. The standard InChI is InChI=1S/C36H26Cl4N4O5S3/c37-20-11-13-26(22(39)17-20)43-31-33(48-28-15-16-50-35(28)31)24(41-43)9-7-5-3-1-2-4-6-8-10-25-34-32(36-29(49-34)19-30(51-36)52(45,46)47)44(42-25)27-14-12-21(38)18-23(27)40/h7-19H,1-6H2,(H,45,46,47). The van der Waals surface area contributed by atoms with E-state index in [0.717, 1.165) is 82.6 Å². The Morgan fingerprint density at radius 1 is 0.712 bits per heavy atom. The first kappa shape index (κ1) is 35.4. The van der Waals surface area contributed by atoms with Crippen LogP contribution in [0.4, 0.5) is 0 Å². The SMILES string of the molecule is O=S(=O)(O)c1cc2oc3c(C=CCCCCCCC=Cc4nn(-c5ccc(Cl)cc5Cl)c5c4oc4ccsc45)nn(-c4ccc(Cl)cc4Cl)c3c2s1. The fourth-order valence-corrected chi connectivity index (χ4v) is 9.67. The minimum absolute atomic E-state index is 0.212. The van der Waals surface area contributed by atoms with Gasteiger partial charge in [0.2, 0.25) is 0 Å². The quantitative estimate of drug-likeness (QED) is 0.0962. The molecule has 8 rings (SSSR count). The fraction of sp³-hybridized carbons (Fsp3) is 0.167. The second-order valence-corrected chi connectivity index (χ2v) is 17.3. The molecule has 6 aromatic heterocycles. The van der Waals surface area contributed by atoms with E-state index in [1.165, 1.54) is 6.07 Å². The topological polar surface area (TPSA) is 116 Å². The molecule has 0 saturated carbocycles. The number of furan rings is 2. The van der Waals surface area contributed by atoms with Gasteiger partial charge in [0, 0.05) is 16.1 Å². The van der Waals surface area contributed by atoms with E-state index in [4.69, 9.17) is 65.4 Å². The molecule has 0 amide bonds. The van der Waals surface area contributed by atoms with E-state index >= 15 is 0 Å². The first-order chi connectivity index (χ1) is 25.1. The Bertz CT molecular complexity index is 2800. The van der Waals surface area contributed by atoms with Gasteiger partial charge in [-0.3, -0.25) is 4.55 Å². The minimum atomic E-state index is -4.40. The maximum atomic E-state index is 11.8. The van der Waals surface area contributed by atoms with Gasteiger partial charge in [0.1, 0.15) is 38.3 Å². The molecule has 0 aliphatic carbocycles. The lowest BCUT2D eigenvalue weighted by atomic mass is 10.1. The van der Waals surface area contributed by atoms with Crippen molar-refractivity contribution in [3.63, 3.8) is 0 Å². The monoisotopic (exact) mass is 830 g/mol. The van der Waals surface area contributed by atoms with E-state index in [-0.39, 0.29) is 4.21 Å². The molecule has 0 aliphatic rings. The number of nitrogens with zero attached hydrogens (tertiary/aromatic N) is 4. The predicted octanol–water partition coefficient (Wildman–Crippen LogP) is 12.9. The average molecular weight is 833 g/mol. The molecule has 0 atom stereocenters.